The van der Waals surface area contributed by atoms with Crippen LogP contribution in [0.5, 0.6) is 11.5 Å². The van der Waals surface area contributed by atoms with Gasteiger partial charge in [-0.25, -0.2) is 18.0 Å². The number of ether oxygens (including phenoxy) is 1. The van der Waals surface area contributed by atoms with Crippen molar-refractivity contribution in [2.24, 2.45) is 5.73 Å². The molecule has 0 radical (unpaired) electrons. The van der Waals surface area contributed by atoms with Crippen molar-refractivity contribution in [1.82, 2.24) is 5.32 Å². The summed E-state index contributed by atoms with van der Waals surface area (Å²) in [5.41, 5.74) is 5.83. The molecule has 1 aliphatic heterocycles. The average Bonchev–Trinajstić information content (AvgIpc) is 2.67. The summed E-state index contributed by atoms with van der Waals surface area (Å²) in [5, 5.41) is 2.39. The van der Waals surface area contributed by atoms with Gasteiger partial charge in [0.05, 0.1) is 17.3 Å². The van der Waals surface area contributed by atoms with E-state index in [0.29, 0.717) is 5.56 Å². The number of carbonyl (C=O) groups is 2. The van der Waals surface area contributed by atoms with Gasteiger partial charge >= 0.3 is 6.03 Å². The Bertz CT molecular complexity index is 958. The second-order valence-corrected chi connectivity index (χ2v) is 6.72. The highest BCUT2D eigenvalue weighted by atomic mass is 35.5. The third kappa shape index (κ3) is 4.24. The van der Waals surface area contributed by atoms with Crippen LogP contribution in [0.4, 0.5) is 23.7 Å². The minimum atomic E-state index is -1.01. The number of alkyl halides is 2. The number of nitrogens with two attached hydrogens (primary N) is 1. The van der Waals surface area contributed by atoms with Crippen LogP contribution in [0.15, 0.2) is 30.3 Å². The maximum Gasteiger partial charge on any atom is 0.312 e. The van der Waals surface area contributed by atoms with E-state index in [1.165, 1.54) is 12.1 Å². The van der Waals surface area contributed by atoms with Gasteiger partial charge in [0.2, 0.25) is 5.91 Å². The van der Waals surface area contributed by atoms with Crippen molar-refractivity contribution in [3.05, 3.63) is 52.3 Å². The van der Waals surface area contributed by atoms with Crippen LogP contribution in [0.1, 0.15) is 11.1 Å². The van der Waals surface area contributed by atoms with Crippen LogP contribution < -0.4 is 20.7 Å². The van der Waals surface area contributed by atoms with Crippen LogP contribution in [-0.4, -0.2) is 31.2 Å². The maximum atomic E-state index is 13.7. The molecule has 0 fully saturated rings. The predicted octanol–water partition coefficient (Wildman–Crippen LogP) is 3.64. The third-order valence-electron chi connectivity index (χ3n) is 4.43. The van der Waals surface area contributed by atoms with Gasteiger partial charge in [-0.2, -0.15) is 0 Å². The van der Waals surface area contributed by atoms with Gasteiger partial charge in [-0.15, -0.1) is 0 Å². The largest absolute Gasteiger partial charge is 0.453 e. The molecule has 1 heterocycles. The lowest BCUT2D eigenvalue weighted by Crippen LogP contribution is -2.54. The van der Waals surface area contributed by atoms with Crippen LogP contribution in [0, 0.1) is 5.82 Å². The lowest BCUT2D eigenvalue weighted by Gasteiger charge is -2.35. The second kappa shape index (κ2) is 8.60. The number of nitrogens with one attached hydrogen (secondary N) is 1. The van der Waals surface area contributed by atoms with Gasteiger partial charge in [0.25, 0.3) is 0 Å². The van der Waals surface area contributed by atoms with Gasteiger partial charge in [0.15, 0.2) is 5.75 Å². The number of urea groups is 1. The van der Waals surface area contributed by atoms with E-state index in [1.807, 2.05) is 0 Å². The molecule has 3 rings (SSSR count). The lowest BCUT2D eigenvalue weighted by molar-refractivity contribution is -0.120. The standard InChI is InChI=1S/C19H17ClF3N3O3/c20-13-4-3-12(23)8-15(13)29-17-11(9-22)2-1-10-7-14(25-19(24)28)18(27)26(6-5-21)16(10)17/h1-4,8,14H,5-7,9H2,(H3,24,25,28)/t14-/m1/s1. The van der Waals surface area contributed by atoms with E-state index in [2.05, 4.69) is 5.32 Å². The minimum absolute atomic E-state index is 0.0414. The summed E-state index contributed by atoms with van der Waals surface area (Å²) >= 11 is 6.04. The van der Waals surface area contributed by atoms with E-state index < -0.39 is 37.1 Å². The molecular weight excluding hydrogens is 411 g/mol. The summed E-state index contributed by atoms with van der Waals surface area (Å²) in [7, 11) is 0. The number of primary amides is 1. The number of hydrogen-bond donors (Lipinski definition) is 2. The first-order valence-corrected chi connectivity index (χ1v) is 9.00. The number of nitrogens with zero attached hydrogens (tertiary/aromatic N) is 1. The summed E-state index contributed by atoms with van der Waals surface area (Å²) in [6.07, 6.45) is 0.0414. The average molecular weight is 428 g/mol. The Morgan fingerprint density at radius 2 is 2.07 bits per heavy atom. The van der Waals surface area contributed by atoms with E-state index in [4.69, 9.17) is 22.1 Å². The number of benzene rings is 2. The monoisotopic (exact) mass is 427 g/mol. The highest BCUT2D eigenvalue weighted by molar-refractivity contribution is 6.32. The molecule has 1 aliphatic rings. The fraction of sp³-hybridized carbons (Fsp3) is 0.263. The van der Waals surface area contributed by atoms with Gasteiger partial charge in [0, 0.05) is 18.1 Å². The predicted molar refractivity (Wildman–Crippen MR) is 101 cm³/mol. The molecule has 2 aromatic carbocycles. The fourth-order valence-corrected chi connectivity index (χ4v) is 3.35. The van der Waals surface area contributed by atoms with E-state index in [9.17, 15) is 22.8 Å². The van der Waals surface area contributed by atoms with Gasteiger partial charge in [-0.1, -0.05) is 23.7 Å². The zero-order valence-corrected chi connectivity index (χ0v) is 15.8. The van der Waals surface area contributed by atoms with Crippen LogP contribution >= 0.6 is 11.6 Å². The van der Waals surface area contributed by atoms with Crippen molar-refractivity contribution in [3.63, 3.8) is 0 Å². The Hall–Kier alpha value is -2.94. The highest BCUT2D eigenvalue weighted by Gasteiger charge is 2.36. The smallest absolute Gasteiger partial charge is 0.312 e. The molecule has 0 bridgehead atoms. The first kappa shape index (κ1) is 20.8. The van der Waals surface area contributed by atoms with Crippen molar-refractivity contribution >= 4 is 29.2 Å². The Kier molecular flexibility index (Phi) is 6.17. The molecule has 1 atom stereocenters. The topological polar surface area (TPSA) is 84.7 Å². The zero-order valence-electron chi connectivity index (χ0n) is 15.1. The van der Waals surface area contributed by atoms with Gasteiger partial charge in [-0.3, -0.25) is 4.79 Å². The summed E-state index contributed by atoms with van der Waals surface area (Å²) < 4.78 is 46.2. The Balaban J connectivity index is 2.13. The normalized spacial score (nSPS) is 15.8. The van der Waals surface area contributed by atoms with E-state index in [1.54, 1.807) is 6.07 Å². The lowest BCUT2D eigenvalue weighted by atomic mass is 9.94. The molecule has 0 saturated carbocycles. The molecule has 6 nitrogen and oxygen atoms in total. The highest BCUT2D eigenvalue weighted by Crippen LogP contribution is 2.43. The molecule has 3 amide bonds. The molecule has 0 aliphatic carbocycles. The quantitative estimate of drug-likeness (QED) is 0.738. The number of carbonyl (C=O) groups excluding carboxylic acids is 2. The summed E-state index contributed by atoms with van der Waals surface area (Å²) in [4.78, 5) is 25.1. The summed E-state index contributed by atoms with van der Waals surface area (Å²) in [5.74, 6) is -1.41. The zero-order chi connectivity index (χ0) is 21.1. The summed E-state index contributed by atoms with van der Waals surface area (Å²) in [6.45, 7) is -2.20. The molecule has 0 spiro atoms. The van der Waals surface area contributed by atoms with Gasteiger partial charge < -0.3 is 20.7 Å². The molecule has 0 saturated heterocycles. The molecule has 10 heteroatoms. The molecule has 0 unspecified atom stereocenters. The Morgan fingerprint density at radius 1 is 1.31 bits per heavy atom. The molecule has 3 N–H and O–H groups in total. The molecular formula is C19H17ClF3N3O3. The van der Waals surface area contributed by atoms with Crippen LogP contribution in [0.25, 0.3) is 0 Å². The van der Waals surface area contributed by atoms with Crippen molar-refractivity contribution in [2.45, 2.75) is 19.1 Å². The number of amides is 3. The Labute approximate surface area is 169 Å². The van der Waals surface area contributed by atoms with Crippen molar-refractivity contribution < 1.29 is 27.5 Å². The first-order valence-electron chi connectivity index (χ1n) is 8.62. The Morgan fingerprint density at radius 3 is 2.72 bits per heavy atom. The van der Waals surface area contributed by atoms with Crippen LogP contribution in [-0.2, 0) is 17.9 Å². The number of rotatable bonds is 6. The number of halogens is 4. The number of fused-ring (bicyclic) bond motifs is 1. The third-order valence-corrected chi connectivity index (χ3v) is 4.74. The molecule has 0 aromatic heterocycles. The van der Waals surface area contributed by atoms with Gasteiger partial charge in [-0.05, 0) is 17.7 Å². The van der Waals surface area contributed by atoms with E-state index in [-0.39, 0.29) is 40.7 Å². The SMILES string of the molecule is NC(=O)N[C@@H]1Cc2ccc(CF)c(Oc3cc(F)ccc3Cl)c2N(CCF)C1=O. The fourth-order valence-electron chi connectivity index (χ4n) is 3.20. The van der Waals surface area contributed by atoms with E-state index >= 15 is 0 Å². The van der Waals surface area contributed by atoms with Crippen molar-refractivity contribution in [1.29, 1.82) is 0 Å². The second-order valence-electron chi connectivity index (χ2n) is 6.32. The van der Waals surface area contributed by atoms with Gasteiger partial charge in [0.1, 0.15) is 31.0 Å². The molecule has 2 aromatic rings. The minimum Gasteiger partial charge on any atom is -0.453 e. The van der Waals surface area contributed by atoms with Crippen LogP contribution in [0.3, 0.4) is 0 Å². The molecule has 29 heavy (non-hydrogen) atoms. The van der Waals surface area contributed by atoms with E-state index in [0.717, 1.165) is 17.0 Å². The number of anilines is 1. The maximum absolute atomic E-state index is 13.7. The van der Waals surface area contributed by atoms with Crippen molar-refractivity contribution in [3.8, 4) is 11.5 Å². The number of hydrogen-bond acceptors (Lipinski definition) is 3. The van der Waals surface area contributed by atoms with Crippen molar-refractivity contribution in [2.75, 3.05) is 18.1 Å². The van der Waals surface area contributed by atoms with Crippen LogP contribution in [0.2, 0.25) is 5.02 Å². The molecule has 154 valence electrons. The first-order chi connectivity index (χ1) is 13.8. The summed E-state index contributed by atoms with van der Waals surface area (Å²) in [6, 6.07) is 4.50.